The van der Waals surface area contributed by atoms with E-state index in [4.69, 9.17) is 5.73 Å². The molecule has 0 bridgehead atoms. The number of nitrogens with one attached hydrogen (secondary N) is 1. The van der Waals surface area contributed by atoms with E-state index in [-0.39, 0.29) is 24.2 Å². The van der Waals surface area contributed by atoms with Crippen molar-refractivity contribution in [2.75, 3.05) is 29.9 Å². The number of aromatic nitrogens is 1. The van der Waals surface area contributed by atoms with Crippen molar-refractivity contribution in [1.29, 1.82) is 0 Å². The Hall–Kier alpha value is -1.61. The van der Waals surface area contributed by atoms with Gasteiger partial charge in [-0.2, -0.15) is 11.8 Å². The van der Waals surface area contributed by atoms with Crippen LogP contribution >= 0.6 is 35.5 Å². The summed E-state index contributed by atoms with van der Waals surface area (Å²) in [5.41, 5.74) is 8.00. The lowest BCUT2D eigenvalue weighted by molar-refractivity contribution is 0.0772. The number of hydrogen-bond acceptors (Lipinski definition) is 6. The fraction of sp³-hybridized carbons (Fsp3) is 0.353. The van der Waals surface area contributed by atoms with Gasteiger partial charge in [0.15, 0.2) is 0 Å². The number of thioether (sulfide) groups is 1. The average molecular weight is 413 g/mol. The summed E-state index contributed by atoms with van der Waals surface area (Å²) in [6, 6.07) is 5.41. The molecule has 0 unspecified atom stereocenters. The first kappa shape index (κ1) is 20.7. The van der Waals surface area contributed by atoms with E-state index in [1.54, 1.807) is 11.4 Å². The number of nitrogens with two attached hydrogens (primary N) is 1. The Morgan fingerprint density at radius 1 is 1.31 bits per heavy atom. The van der Waals surface area contributed by atoms with Crippen molar-refractivity contribution in [3.8, 4) is 0 Å². The maximum absolute atomic E-state index is 12.6. The fourth-order valence-electron chi connectivity index (χ4n) is 2.53. The maximum Gasteiger partial charge on any atom is 0.275 e. The van der Waals surface area contributed by atoms with Gasteiger partial charge in [0.05, 0.1) is 0 Å². The van der Waals surface area contributed by atoms with Gasteiger partial charge < -0.3 is 16.0 Å². The van der Waals surface area contributed by atoms with Crippen LogP contribution in [0.25, 0.3) is 0 Å². The molecule has 0 atom stereocenters. The van der Waals surface area contributed by atoms with Crippen molar-refractivity contribution in [3.05, 3.63) is 45.4 Å². The highest BCUT2D eigenvalue weighted by molar-refractivity contribution is 7.99. The van der Waals surface area contributed by atoms with E-state index in [1.165, 1.54) is 11.3 Å². The minimum absolute atomic E-state index is 0. The van der Waals surface area contributed by atoms with Gasteiger partial charge in [0.1, 0.15) is 10.7 Å². The van der Waals surface area contributed by atoms with Crippen LogP contribution in [0.5, 0.6) is 0 Å². The van der Waals surface area contributed by atoms with E-state index in [0.717, 1.165) is 30.2 Å². The van der Waals surface area contributed by atoms with Crippen molar-refractivity contribution < 1.29 is 9.59 Å². The fourth-order valence-corrected chi connectivity index (χ4v) is 4.09. The molecule has 0 spiro atoms. The molecule has 6 nitrogen and oxygen atoms in total. The largest absolute Gasteiger partial charge is 0.337 e. The number of aryl methyl sites for hydroxylation is 1. The van der Waals surface area contributed by atoms with Crippen LogP contribution in [-0.4, -0.2) is 46.3 Å². The molecule has 2 heterocycles. The van der Waals surface area contributed by atoms with E-state index in [0.29, 0.717) is 28.5 Å². The number of benzene rings is 1. The molecular formula is C17H21ClN4O2S2. The zero-order valence-corrected chi connectivity index (χ0v) is 16.8. The Bertz CT molecular complexity index is 791. The Labute approximate surface area is 167 Å². The summed E-state index contributed by atoms with van der Waals surface area (Å²) in [5.74, 6) is 1.65. The number of hydrogen-bond donors (Lipinski definition) is 2. The molecule has 2 amide bonds. The minimum Gasteiger partial charge on any atom is -0.337 e. The summed E-state index contributed by atoms with van der Waals surface area (Å²) in [4.78, 5) is 31.1. The van der Waals surface area contributed by atoms with Gasteiger partial charge in [-0.3, -0.25) is 9.59 Å². The van der Waals surface area contributed by atoms with Crippen molar-refractivity contribution in [1.82, 2.24) is 9.88 Å². The van der Waals surface area contributed by atoms with Gasteiger partial charge in [0.2, 0.25) is 0 Å². The average Bonchev–Trinajstić information content (AvgIpc) is 3.13. The van der Waals surface area contributed by atoms with Crippen LogP contribution in [-0.2, 0) is 6.54 Å². The topological polar surface area (TPSA) is 88.3 Å². The van der Waals surface area contributed by atoms with Crippen LogP contribution in [0.1, 0.15) is 31.4 Å². The highest BCUT2D eigenvalue weighted by atomic mass is 35.5. The minimum atomic E-state index is -0.293. The number of halogens is 1. The maximum atomic E-state index is 12.6. The van der Waals surface area contributed by atoms with E-state index in [1.807, 2.05) is 35.7 Å². The normalized spacial score (nSPS) is 13.8. The lowest BCUT2D eigenvalue weighted by atomic mass is 10.1. The summed E-state index contributed by atoms with van der Waals surface area (Å²) in [6.45, 7) is 3.74. The van der Waals surface area contributed by atoms with Gasteiger partial charge in [0, 0.05) is 47.8 Å². The number of carbonyl (C=O) groups is 2. The van der Waals surface area contributed by atoms with Crippen molar-refractivity contribution in [2.45, 2.75) is 13.5 Å². The van der Waals surface area contributed by atoms with Crippen LogP contribution in [0.3, 0.4) is 0 Å². The van der Waals surface area contributed by atoms with Gasteiger partial charge >= 0.3 is 0 Å². The second-order valence-corrected chi connectivity index (χ2v) is 7.89. The first-order valence-corrected chi connectivity index (χ1v) is 10.1. The first-order chi connectivity index (χ1) is 12.1. The molecule has 1 aliphatic rings. The molecule has 1 aliphatic heterocycles. The number of anilines is 1. The van der Waals surface area contributed by atoms with Gasteiger partial charge in [-0.1, -0.05) is 6.07 Å². The molecule has 9 heteroatoms. The lowest BCUT2D eigenvalue weighted by Crippen LogP contribution is -2.37. The van der Waals surface area contributed by atoms with Gasteiger partial charge in [-0.15, -0.1) is 23.7 Å². The third-order valence-corrected chi connectivity index (χ3v) is 5.80. The molecule has 0 aliphatic carbocycles. The Kier molecular flexibility index (Phi) is 7.45. The van der Waals surface area contributed by atoms with Crippen LogP contribution in [0.2, 0.25) is 0 Å². The van der Waals surface area contributed by atoms with E-state index < -0.39 is 0 Å². The highest BCUT2D eigenvalue weighted by Gasteiger charge is 2.20. The van der Waals surface area contributed by atoms with E-state index in [9.17, 15) is 9.59 Å². The van der Waals surface area contributed by atoms with Crippen LogP contribution in [0, 0.1) is 6.92 Å². The Balaban J connectivity index is 0.00000243. The molecule has 26 heavy (non-hydrogen) atoms. The van der Waals surface area contributed by atoms with Gasteiger partial charge in [-0.05, 0) is 24.6 Å². The van der Waals surface area contributed by atoms with Crippen molar-refractivity contribution in [2.24, 2.45) is 5.73 Å². The molecular weight excluding hydrogens is 392 g/mol. The number of carbonyl (C=O) groups excluding carboxylic acids is 2. The van der Waals surface area contributed by atoms with E-state index in [2.05, 4.69) is 10.3 Å². The summed E-state index contributed by atoms with van der Waals surface area (Å²) in [6.07, 6.45) is 0. The highest BCUT2D eigenvalue weighted by Crippen LogP contribution is 2.21. The molecule has 1 aromatic carbocycles. The Morgan fingerprint density at radius 2 is 2.04 bits per heavy atom. The molecule has 3 rings (SSSR count). The number of amides is 2. The standard InChI is InChI=1S/C17H20N4O2S2.ClH/c1-11-2-3-12(17(23)21-4-6-24-7-5-21)8-13(11)20-16(22)14-10-25-15(9-18)19-14;/h2-3,8,10H,4-7,9,18H2,1H3,(H,20,22);1H. The molecule has 2 aromatic rings. The monoisotopic (exact) mass is 412 g/mol. The van der Waals surface area contributed by atoms with Crippen LogP contribution in [0.4, 0.5) is 5.69 Å². The molecule has 3 N–H and O–H groups in total. The third kappa shape index (κ3) is 4.76. The van der Waals surface area contributed by atoms with Gasteiger partial charge in [0.25, 0.3) is 11.8 Å². The summed E-state index contributed by atoms with van der Waals surface area (Å²) >= 11 is 3.22. The number of thiazole rings is 1. The second-order valence-electron chi connectivity index (χ2n) is 5.72. The number of rotatable bonds is 4. The Morgan fingerprint density at radius 3 is 2.69 bits per heavy atom. The first-order valence-electron chi connectivity index (χ1n) is 8.02. The smallest absolute Gasteiger partial charge is 0.275 e. The molecule has 0 radical (unpaired) electrons. The lowest BCUT2D eigenvalue weighted by Gasteiger charge is -2.26. The zero-order chi connectivity index (χ0) is 17.8. The molecule has 1 aromatic heterocycles. The summed E-state index contributed by atoms with van der Waals surface area (Å²) in [5, 5.41) is 5.26. The molecule has 140 valence electrons. The predicted molar refractivity (Wildman–Crippen MR) is 110 cm³/mol. The summed E-state index contributed by atoms with van der Waals surface area (Å²) in [7, 11) is 0. The summed E-state index contributed by atoms with van der Waals surface area (Å²) < 4.78 is 0. The third-order valence-electron chi connectivity index (χ3n) is 3.99. The molecule has 1 fully saturated rings. The molecule has 0 saturated carbocycles. The van der Waals surface area contributed by atoms with Crippen molar-refractivity contribution in [3.63, 3.8) is 0 Å². The van der Waals surface area contributed by atoms with Crippen molar-refractivity contribution >= 4 is 53.0 Å². The SMILES string of the molecule is Cc1ccc(C(=O)N2CCSCC2)cc1NC(=O)c1csc(CN)n1.Cl. The molecule has 1 saturated heterocycles. The quantitative estimate of drug-likeness (QED) is 0.806. The van der Waals surface area contributed by atoms with Crippen LogP contribution in [0.15, 0.2) is 23.6 Å². The zero-order valence-electron chi connectivity index (χ0n) is 14.4. The predicted octanol–water partition coefficient (Wildman–Crippen LogP) is 2.77. The van der Waals surface area contributed by atoms with Crippen LogP contribution < -0.4 is 11.1 Å². The second kappa shape index (κ2) is 9.36. The van der Waals surface area contributed by atoms with E-state index >= 15 is 0 Å². The van der Waals surface area contributed by atoms with Gasteiger partial charge in [-0.25, -0.2) is 4.98 Å². The number of nitrogens with zero attached hydrogens (tertiary/aromatic N) is 2.